The third-order valence-corrected chi connectivity index (χ3v) is 12.6. The van der Waals surface area contributed by atoms with Crippen LogP contribution in [0.5, 0.6) is 0 Å². The summed E-state index contributed by atoms with van der Waals surface area (Å²) in [5.41, 5.74) is -0.821. The molecule has 0 spiro atoms. The lowest BCUT2D eigenvalue weighted by Crippen LogP contribution is -2.54. The number of carbonyl (C=O) groups is 12. The highest BCUT2D eigenvalue weighted by Crippen LogP contribution is 2.11. The number of rotatable bonds is 40. The maximum atomic E-state index is 13.3. The highest BCUT2D eigenvalue weighted by molar-refractivity contribution is 7.86. The molecule has 0 unspecified atom stereocenters. The van der Waals surface area contributed by atoms with E-state index < -0.39 is 177 Å². The fourth-order valence-corrected chi connectivity index (χ4v) is 7.44. The van der Waals surface area contributed by atoms with Crippen LogP contribution < -0.4 is 31.9 Å². The molecular formula is C51H84N8O22S2. The van der Waals surface area contributed by atoms with Gasteiger partial charge in [0.25, 0.3) is 20.2 Å². The van der Waals surface area contributed by atoms with Crippen LogP contribution in [-0.2, 0) is 96.7 Å². The minimum Gasteiger partial charge on any atom is -0.461 e. The number of ether oxygens (including phenoxy) is 4. The smallest absolute Gasteiger partial charge is 0.328 e. The summed E-state index contributed by atoms with van der Waals surface area (Å²) in [5, 5.41) is 14.6. The van der Waals surface area contributed by atoms with E-state index in [1.807, 2.05) is 0 Å². The van der Waals surface area contributed by atoms with Crippen LogP contribution in [0.25, 0.3) is 0 Å². The molecule has 0 aliphatic rings. The number of hydrogen-bond donors (Lipinski definition) is 8. The van der Waals surface area contributed by atoms with Gasteiger partial charge in [0.2, 0.25) is 47.3 Å². The first-order chi connectivity index (χ1) is 38.4. The maximum absolute atomic E-state index is 13.3. The molecule has 0 aliphatic carbocycles. The standard InChI is InChI=1S/C51H84N8O22S2/c1-11-28-78-43(66)20-26-58(41(64)16-14-37(60)52-22-31-82(72,73)74)24-18-39(62)56-45(33(2)3)47(68)54-35(6)49(70)80-30-13-12-29-79-44(67)21-27-59(42(65)17-15-38(61)53-23-32-83(75,76)77)25-19-40(63)57-46(34(4)5)48(69)55-36(7)50(71)81-51(8,9)10/h11-13,33-36,45-46H,1,14-32H2,2-10H3,(H,52,60)(H,53,61)(H,54,68)(H,55,69)(H,56,62)(H,57,63)(H,72,73,74)(H,75,76,77)/b13-12+/t35-,36-,45-,46-/m0/s1. The zero-order valence-corrected chi connectivity index (χ0v) is 50.2. The molecule has 30 nitrogen and oxygen atoms in total. The van der Waals surface area contributed by atoms with E-state index in [0.717, 1.165) is 9.80 Å². The quantitative estimate of drug-likeness (QED) is 0.0154. The van der Waals surface area contributed by atoms with Gasteiger partial charge >= 0.3 is 23.9 Å². The molecule has 0 rings (SSSR count). The van der Waals surface area contributed by atoms with Crippen LogP contribution in [0, 0.1) is 11.8 Å². The van der Waals surface area contributed by atoms with Gasteiger partial charge in [-0.1, -0.05) is 40.3 Å². The van der Waals surface area contributed by atoms with Crippen LogP contribution in [-0.4, -0.2) is 207 Å². The van der Waals surface area contributed by atoms with Crippen molar-refractivity contribution in [1.82, 2.24) is 41.7 Å². The lowest BCUT2D eigenvalue weighted by Gasteiger charge is -2.26. The molecule has 0 heterocycles. The van der Waals surface area contributed by atoms with Crippen molar-refractivity contribution >= 4 is 91.4 Å². The second-order valence-electron chi connectivity index (χ2n) is 20.4. The fraction of sp³-hybridized carbons (Fsp3) is 0.686. The van der Waals surface area contributed by atoms with Crippen LogP contribution in [0.3, 0.4) is 0 Å². The minimum absolute atomic E-state index is 0.0895. The van der Waals surface area contributed by atoms with Crippen molar-refractivity contribution in [1.29, 1.82) is 0 Å². The first-order valence-corrected chi connectivity index (χ1v) is 29.8. The molecule has 0 saturated carbocycles. The SMILES string of the molecule is C=CCOC(=O)CCN(CCC(=O)N[C@H](C(=O)N[C@@H](C)C(=O)OC/C=C/COC(=O)CCN(CCC(=O)N[C@H](C(=O)N[C@@H](C)C(=O)OC(C)(C)C)C(C)C)C(=O)CCC(=O)NCCS(=O)(=O)O)C(C)C)C(=O)CCC(=O)NCCS(=O)(=O)O. The van der Waals surface area contributed by atoms with Gasteiger partial charge in [0.15, 0.2) is 0 Å². The van der Waals surface area contributed by atoms with Gasteiger partial charge in [0.05, 0.1) is 24.3 Å². The minimum atomic E-state index is -4.37. The predicted octanol–water partition coefficient (Wildman–Crippen LogP) is -1.22. The monoisotopic (exact) mass is 1220 g/mol. The average molecular weight is 1230 g/mol. The third-order valence-electron chi connectivity index (χ3n) is 11.1. The van der Waals surface area contributed by atoms with Crippen molar-refractivity contribution in [2.75, 3.05) is 70.6 Å². The number of amides is 8. The summed E-state index contributed by atoms with van der Waals surface area (Å²) in [5.74, 6) is -11.1. The van der Waals surface area contributed by atoms with Gasteiger partial charge in [-0.15, -0.1) is 0 Å². The summed E-state index contributed by atoms with van der Waals surface area (Å²) in [6.07, 6.45) is 0.975. The fourth-order valence-electron chi connectivity index (χ4n) is 6.72. The van der Waals surface area contributed by atoms with E-state index in [0.29, 0.717) is 0 Å². The zero-order valence-electron chi connectivity index (χ0n) is 48.6. The molecule has 83 heavy (non-hydrogen) atoms. The first-order valence-electron chi connectivity index (χ1n) is 26.6. The van der Waals surface area contributed by atoms with Crippen molar-refractivity contribution in [2.24, 2.45) is 11.8 Å². The van der Waals surface area contributed by atoms with Gasteiger partial charge in [-0.05, 0) is 58.6 Å². The molecule has 0 aliphatic heterocycles. The van der Waals surface area contributed by atoms with E-state index in [2.05, 4.69) is 38.5 Å². The Morgan fingerprint density at radius 1 is 0.494 bits per heavy atom. The van der Waals surface area contributed by atoms with Gasteiger partial charge in [0.1, 0.15) is 49.6 Å². The van der Waals surface area contributed by atoms with Gasteiger partial charge in [-0.2, -0.15) is 16.8 Å². The normalized spacial score (nSPS) is 13.0. The molecule has 8 N–H and O–H groups in total. The number of esters is 4. The number of carbonyl (C=O) groups excluding carboxylic acids is 12. The first kappa shape index (κ1) is 75.9. The van der Waals surface area contributed by atoms with Gasteiger partial charge in [-0.25, -0.2) is 9.59 Å². The Morgan fingerprint density at radius 2 is 0.855 bits per heavy atom. The topological polar surface area (TPSA) is 429 Å². The van der Waals surface area contributed by atoms with Crippen LogP contribution in [0.4, 0.5) is 0 Å². The van der Waals surface area contributed by atoms with Crippen LogP contribution in [0.15, 0.2) is 24.8 Å². The number of nitrogens with zero attached hydrogens (tertiary/aromatic N) is 2. The predicted molar refractivity (Wildman–Crippen MR) is 296 cm³/mol. The van der Waals surface area contributed by atoms with Crippen molar-refractivity contribution < 1.29 is 102 Å². The van der Waals surface area contributed by atoms with E-state index in [1.54, 1.807) is 48.5 Å². The highest BCUT2D eigenvalue weighted by atomic mass is 32.2. The summed E-state index contributed by atoms with van der Waals surface area (Å²) >= 11 is 0. The van der Waals surface area contributed by atoms with Crippen LogP contribution in [0.1, 0.15) is 114 Å². The van der Waals surface area contributed by atoms with E-state index in [1.165, 1.54) is 32.1 Å². The lowest BCUT2D eigenvalue weighted by atomic mass is 10.0. The highest BCUT2D eigenvalue weighted by Gasteiger charge is 2.31. The lowest BCUT2D eigenvalue weighted by molar-refractivity contribution is -0.158. The summed E-state index contributed by atoms with van der Waals surface area (Å²) < 4.78 is 82.2. The molecule has 472 valence electrons. The Balaban J connectivity index is 5.51. The second-order valence-corrected chi connectivity index (χ2v) is 23.5. The molecule has 0 aromatic heterocycles. The van der Waals surface area contributed by atoms with Crippen molar-refractivity contribution in [3.05, 3.63) is 24.8 Å². The summed E-state index contributed by atoms with van der Waals surface area (Å²) in [7, 11) is -8.71. The number of hydrogen-bond acceptors (Lipinski definition) is 20. The zero-order chi connectivity index (χ0) is 63.7. The maximum Gasteiger partial charge on any atom is 0.328 e. The molecule has 0 radical (unpaired) electrons. The molecule has 0 aromatic carbocycles. The summed E-state index contributed by atoms with van der Waals surface area (Å²) in [4.78, 5) is 156. The number of nitrogens with one attached hydrogen (secondary N) is 6. The summed E-state index contributed by atoms with van der Waals surface area (Å²) in [6, 6.07) is -4.56. The molecule has 0 bridgehead atoms. The molecule has 32 heteroatoms. The second kappa shape index (κ2) is 38.7. The average Bonchev–Trinajstić information content (AvgIpc) is 3.43. The van der Waals surface area contributed by atoms with E-state index in [4.69, 9.17) is 28.1 Å². The van der Waals surface area contributed by atoms with Gasteiger partial charge in [-0.3, -0.25) is 57.1 Å². The van der Waals surface area contributed by atoms with Crippen LogP contribution >= 0.6 is 0 Å². The summed E-state index contributed by atoms with van der Waals surface area (Å²) in [6.45, 7) is 15.1. The van der Waals surface area contributed by atoms with Gasteiger partial charge in [0, 0.05) is 77.8 Å². The van der Waals surface area contributed by atoms with Crippen molar-refractivity contribution in [3.63, 3.8) is 0 Å². The molecule has 0 saturated heterocycles. The van der Waals surface area contributed by atoms with E-state index in [-0.39, 0.29) is 78.1 Å². The molecule has 0 fully saturated rings. The Bertz CT molecular complexity index is 2500. The molecule has 4 atom stereocenters. The largest absolute Gasteiger partial charge is 0.461 e. The molecule has 8 amide bonds. The van der Waals surface area contributed by atoms with Crippen molar-refractivity contribution in [2.45, 2.75) is 143 Å². The Kier molecular flexibility index (Phi) is 35.4. The molecule has 0 aromatic rings. The van der Waals surface area contributed by atoms with Crippen LogP contribution in [0.2, 0.25) is 0 Å². The van der Waals surface area contributed by atoms with E-state index in [9.17, 15) is 74.4 Å². The van der Waals surface area contributed by atoms with Gasteiger partial charge < -0.3 is 60.6 Å². The molecular weight excluding hydrogens is 1140 g/mol. The Labute approximate surface area is 484 Å². The van der Waals surface area contributed by atoms with Crippen molar-refractivity contribution in [3.8, 4) is 0 Å². The third kappa shape index (κ3) is 37.6. The van der Waals surface area contributed by atoms with E-state index >= 15 is 0 Å². The Morgan fingerprint density at radius 3 is 1.22 bits per heavy atom. The Hall–Kier alpha value is -7.06.